The minimum Gasteiger partial charge on any atom is -0.368 e. The zero-order valence-corrected chi connectivity index (χ0v) is 10.4. The first-order valence-corrected chi connectivity index (χ1v) is 5.53. The number of halogens is 1. The van der Waals surface area contributed by atoms with Crippen molar-refractivity contribution in [1.29, 1.82) is 0 Å². The van der Waals surface area contributed by atoms with Gasteiger partial charge < -0.3 is 10.6 Å². The van der Waals surface area contributed by atoms with Crippen molar-refractivity contribution >= 4 is 27.7 Å². The summed E-state index contributed by atoms with van der Waals surface area (Å²) >= 11 is 3.23. The zero-order chi connectivity index (χ0) is 12.1. The van der Waals surface area contributed by atoms with Crippen LogP contribution in [0, 0.1) is 0 Å². The number of rotatable bonds is 4. The van der Waals surface area contributed by atoms with Gasteiger partial charge in [0.25, 0.3) is 5.91 Å². The molecule has 5 nitrogen and oxygen atoms in total. The minimum absolute atomic E-state index is 0.0989. The maximum absolute atomic E-state index is 12.0. The second kappa shape index (κ2) is 5.60. The quantitative estimate of drug-likeness (QED) is 0.889. The second-order valence-corrected chi connectivity index (χ2v) is 3.97. The Kier molecular flexibility index (Phi) is 4.42. The normalized spacial score (nSPS) is 9.88. The summed E-state index contributed by atoms with van der Waals surface area (Å²) in [5, 5.41) is 0. The molecule has 0 aromatic carbocycles. The molecule has 0 saturated heterocycles. The number of aromatic nitrogens is 1. The summed E-state index contributed by atoms with van der Waals surface area (Å²) in [6, 6.07) is 3.43. The lowest BCUT2D eigenvalue weighted by molar-refractivity contribution is -0.118. The number of amides is 2. The standard InChI is InChI=1S/C10H12BrN3O2/c1-2-14(6-8(12)15)10(16)9-7(11)4-3-5-13-9/h3-5H,2,6H2,1H3,(H2,12,15). The number of hydrogen-bond donors (Lipinski definition) is 1. The molecule has 0 spiro atoms. The molecule has 0 aliphatic rings. The van der Waals surface area contributed by atoms with Crippen molar-refractivity contribution < 1.29 is 9.59 Å². The van der Waals surface area contributed by atoms with Gasteiger partial charge in [0.1, 0.15) is 5.69 Å². The third-order valence-corrected chi connectivity index (χ3v) is 2.62. The van der Waals surface area contributed by atoms with Gasteiger partial charge in [0, 0.05) is 17.2 Å². The molecular weight excluding hydrogens is 274 g/mol. The van der Waals surface area contributed by atoms with Crippen molar-refractivity contribution in [3.63, 3.8) is 0 Å². The van der Waals surface area contributed by atoms with Crippen LogP contribution in [0.2, 0.25) is 0 Å². The van der Waals surface area contributed by atoms with E-state index in [1.54, 1.807) is 19.1 Å². The lowest BCUT2D eigenvalue weighted by atomic mass is 10.3. The lowest BCUT2D eigenvalue weighted by Gasteiger charge is -2.18. The van der Waals surface area contributed by atoms with Crippen molar-refractivity contribution in [2.24, 2.45) is 5.73 Å². The number of likely N-dealkylation sites (N-methyl/N-ethyl adjacent to an activating group) is 1. The SMILES string of the molecule is CCN(CC(N)=O)C(=O)c1ncccc1Br. The summed E-state index contributed by atoms with van der Waals surface area (Å²) in [5.74, 6) is -0.851. The van der Waals surface area contributed by atoms with Gasteiger partial charge in [-0.2, -0.15) is 0 Å². The van der Waals surface area contributed by atoms with Gasteiger partial charge in [0.15, 0.2) is 0 Å². The molecule has 0 aliphatic carbocycles. The van der Waals surface area contributed by atoms with Crippen molar-refractivity contribution in [3.8, 4) is 0 Å². The Morgan fingerprint density at radius 1 is 1.56 bits per heavy atom. The molecule has 6 heteroatoms. The predicted octanol–water partition coefficient (Wildman–Crippen LogP) is 0.791. The molecule has 2 amide bonds. The third kappa shape index (κ3) is 3.03. The summed E-state index contributed by atoms with van der Waals surface area (Å²) < 4.78 is 0.600. The summed E-state index contributed by atoms with van der Waals surface area (Å²) in [6.07, 6.45) is 1.52. The van der Waals surface area contributed by atoms with E-state index in [0.29, 0.717) is 11.0 Å². The monoisotopic (exact) mass is 285 g/mol. The summed E-state index contributed by atoms with van der Waals surface area (Å²) in [5.41, 5.74) is 5.34. The molecule has 0 aliphatic heterocycles. The van der Waals surface area contributed by atoms with E-state index in [0.717, 1.165) is 0 Å². The molecule has 0 unspecified atom stereocenters. The number of nitrogens with two attached hydrogens (primary N) is 1. The molecule has 1 aromatic rings. The fourth-order valence-corrected chi connectivity index (χ4v) is 1.63. The van der Waals surface area contributed by atoms with E-state index >= 15 is 0 Å². The minimum atomic E-state index is -0.540. The van der Waals surface area contributed by atoms with Crippen molar-refractivity contribution in [3.05, 3.63) is 28.5 Å². The first-order valence-electron chi connectivity index (χ1n) is 4.74. The number of primary amides is 1. The molecule has 0 radical (unpaired) electrons. The summed E-state index contributed by atoms with van der Waals surface area (Å²) in [6.45, 7) is 2.08. The third-order valence-electron chi connectivity index (χ3n) is 1.98. The molecule has 0 bridgehead atoms. The highest BCUT2D eigenvalue weighted by Crippen LogP contribution is 2.15. The van der Waals surface area contributed by atoms with E-state index < -0.39 is 5.91 Å². The Labute approximate surface area is 102 Å². The van der Waals surface area contributed by atoms with Crippen LogP contribution in [0.3, 0.4) is 0 Å². The molecule has 2 N–H and O–H groups in total. The average molecular weight is 286 g/mol. The molecule has 0 atom stereocenters. The number of carbonyl (C=O) groups excluding carboxylic acids is 2. The van der Waals surface area contributed by atoms with E-state index in [1.807, 2.05) is 0 Å². The van der Waals surface area contributed by atoms with E-state index in [9.17, 15) is 9.59 Å². The Morgan fingerprint density at radius 3 is 2.75 bits per heavy atom. The molecule has 1 aromatic heterocycles. The Bertz CT molecular complexity index is 409. The zero-order valence-electron chi connectivity index (χ0n) is 8.81. The van der Waals surface area contributed by atoms with Crippen molar-refractivity contribution in [2.75, 3.05) is 13.1 Å². The van der Waals surface area contributed by atoms with Crippen LogP contribution in [0.4, 0.5) is 0 Å². The molecule has 1 rings (SSSR count). The van der Waals surface area contributed by atoms with E-state index in [-0.39, 0.29) is 18.1 Å². The Hall–Kier alpha value is -1.43. The molecule has 0 fully saturated rings. The molecular formula is C10H12BrN3O2. The number of nitrogens with zero attached hydrogens (tertiary/aromatic N) is 2. The maximum Gasteiger partial charge on any atom is 0.274 e. The topological polar surface area (TPSA) is 76.3 Å². The van der Waals surface area contributed by atoms with Crippen LogP contribution < -0.4 is 5.73 Å². The van der Waals surface area contributed by atoms with Gasteiger partial charge in [-0.15, -0.1) is 0 Å². The average Bonchev–Trinajstić information content (AvgIpc) is 2.25. The van der Waals surface area contributed by atoms with Crippen LogP contribution in [0.5, 0.6) is 0 Å². The van der Waals surface area contributed by atoms with Crippen LogP contribution >= 0.6 is 15.9 Å². The van der Waals surface area contributed by atoms with E-state index in [4.69, 9.17) is 5.73 Å². The predicted molar refractivity (Wildman–Crippen MR) is 62.7 cm³/mol. The van der Waals surface area contributed by atoms with Crippen LogP contribution in [0.25, 0.3) is 0 Å². The second-order valence-electron chi connectivity index (χ2n) is 3.12. The smallest absolute Gasteiger partial charge is 0.274 e. The van der Waals surface area contributed by atoms with Gasteiger partial charge >= 0.3 is 0 Å². The largest absolute Gasteiger partial charge is 0.368 e. The van der Waals surface area contributed by atoms with E-state index in [1.165, 1.54) is 11.1 Å². The first kappa shape index (κ1) is 12.6. The Morgan fingerprint density at radius 2 is 2.25 bits per heavy atom. The number of carbonyl (C=O) groups is 2. The summed E-state index contributed by atoms with van der Waals surface area (Å²) in [4.78, 5) is 28.1. The molecule has 16 heavy (non-hydrogen) atoms. The van der Waals surface area contributed by atoms with Gasteiger partial charge in [-0.3, -0.25) is 9.59 Å². The van der Waals surface area contributed by atoms with Gasteiger partial charge in [0.05, 0.1) is 6.54 Å². The fourth-order valence-electron chi connectivity index (χ4n) is 1.21. The molecule has 0 saturated carbocycles. The van der Waals surface area contributed by atoms with Crippen LogP contribution in [0.1, 0.15) is 17.4 Å². The highest BCUT2D eigenvalue weighted by Gasteiger charge is 2.19. The number of pyridine rings is 1. The van der Waals surface area contributed by atoms with Crippen molar-refractivity contribution in [2.45, 2.75) is 6.92 Å². The fraction of sp³-hybridized carbons (Fsp3) is 0.300. The highest BCUT2D eigenvalue weighted by molar-refractivity contribution is 9.10. The number of hydrogen-bond acceptors (Lipinski definition) is 3. The van der Waals surface area contributed by atoms with E-state index in [2.05, 4.69) is 20.9 Å². The lowest BCUT2D eigenvalue weighted by Crippen LogP contribution is -2.38. The molecule has 1 heterocycles. The van der Waals surface area contributed by atoms with Gasteiger partial charge in [0.2, 0.25) is 5.91 Å². The highest BCUT2D eigenvalue weighted by atomic mass is 79.9. The van der Waals surface area contributed by atoms with Gasteiger partial charge in [-0.05, 0) is 35.0 Å². The van der Waals surface area contributed by atoms with Crippen LogP contribution in [-0.2, 0) is 4.79 Å². The van der Waals surface area contributed by atoms with Gasteiger partial charge in [-0.1, -0.05) is 0 Å². The van der Waals surface area contributed by atoms with Crippen LogP contribution in [-0.4, -0.2) is 34.8 Å². The molecule has 86 valence electrons. The summed E-state index contributed by atoms with van der Waals surface area (Å²) in [7, 11) is 0. The maximum atomic E-state index is 12.0. The first-order chi connectivity index (χ1) is 7.56. The van der Waals surface area contributed by atoms with Gasteiger partial charge in [-0.25, -0.2) is 4.98 Å². The Balaban J connectivity index is 2.91. The van der Waals surface area contributed by atoms with Crippen LogP contribution in [0.15, 0.2) is 22.8 Å². The van der Waals surface area contributed by atoms with Crippen molar-refractivity contribution in [1.82, 2.24) is 9.88 Å².